The zero-order valence-corrected chi connectivity index (χ0v) is 26.3. The lowest BCUT2D eigenvalue weighted by Gasteiger charge is -2.34. The lowest BCUT2D eigenvalue weighted by Crippen LogP contribution is -2.54. The molecule has 0 N–H and O–H groups in total. The summed E-state index contributed by atoms with van der Waals surface area (Å²) < 4.78 is 87.3. The van der Waals surface area contributed by atoms with Crippen molar-refractivity contribution in [3.8, 4) is 5.75 Å². The maximum Gasteiger partial charge on any atom is 0.442 e. The molecule has 3 fully saturated rings. The van der Waals surface area contributed by atoms with Crippen molar-refractivity contribution >= 4 is 33.6 Å². The van der Waals surface area contributed by atoms with Crippen LogP contribution in [0.5, 0.6) is 5.75 Å². The normalized spacial score (nSPS) is 22.6. The van der Waals surface area contributed by atoms with Crippen LogP contribution >= 0.6 is 11.8 Å². The van der Waals surface area contributed by atoms with E-state index >= 15 is 0 Å². The van der Waals surface area contributed by atoms with E-state index in [-0.39, 0.29) is 18.1 Å². The van der Waals surface area contributed by atoms with Gasteiger partial charge >= 0.3 is 21.3 Å². The van der Waals surface area contributed by atoms with Gasteiger partial charge in [-0.05, 0) is 92.5 Å². The van der Waals surface area contributed by atoms with Gasteiger partial charge in [0.25, 0.3) is 0 Å². The third-order valence-corrected chi connectivity index (χ3v) is 12.3. The molecule has 2 bridgehead atoms. The standard InChI is InChI=1S/C21H26F4O3S2.C12H10S/c22-20(23,19-13-14-6-7-15(19)12-14)21(24,25)30(26,27)28-16-8-10-18(11-9-16)29-17-4-2-1-3-5-17;1-3-7-11(8-4-1)13-12-9-5-2-6-10-12/h8-11,14-15,17,19H,1-7,12-13H2;1-10H/p+1. The molecule has 232 valence electrons. The van der Waals surface area contributed by atoms with Crippen molar-refractivity contribution in [3.63, 3.8) is 0 Å². The van der Waals surface area contributed by atoms with E-state index in [0.717, 1.165) is 24.2 Å². The summed E-state index contributed by atoms with van der Waals surface area (Å²) in [6.07, 6.45) is 7.37. The Labute approximate surface area is 260 Å². The topological polar surface area (TPSA) is 43.4 Å². The van der Waals surface area contributed by atoms with Crippen LogP contribution in [-0.2, 0) is 21.9 Å². The van der Waals surface area contributed by atoms with Gasteiger partial charge in [-0.25, -0.2) is 0 Å². The Kier molecular flexibility index (Phi) is 10.4. The van der Waals surface area contributed by atoms with Crippen molar-refractivity contribution in [3.05, 3.63) is 84.9 Å². The van der Waals surface area contributed by atoms with Crippen molar-refractivity contribution in [2.45, 2.75) is 88.9 Å². The van der Waals surface area contributed by atoms with Gasteiger partial charge in [0.05, 0.1) is 0 Å². The Bertz CT molecular complexity index is 1380. The second-order valence-corrected chi connectivity index (χ2v) is 15.8. The minimum atomic E-state index is -5.85. The zero-order chi connectivity index (χ0) is 30.5. The van der Waals surface area contributed by atoms with E-state index in [1.54, 1.807) is 23.9 Å². The molecule has 0 aromatic heterocycles. The van der Waals surface area contributed by atoms with E-state index in [9.17, 15) is 26.0 Å². The first-order valence-electron chi connectivity index (χ1n) is 14.8. The molecular weight excluding hydrogens is 617 g/mol. The van der Waals surface area contributed by atoms with E-state index in [4.69, 9.17) is 0 Å². The lowest BCUT2D eigenvalue weighted by molar-refractivity contribution is -0.202. The molecule has 3 saturated carbocycles. The van der Waals surface area contributed by atoms with Crippen LogP contribution in [0.25, 0.3) is 0 Å². The molecule has 3 aliphatic rings. The van der Waals surface area contributed by atoms with E-state index in [2.05, 4.69) is 52.7 Å². The quantitative estimate of drug-likeness (QED) is 0.0999. The second kappa shape index (κ2) is 13.9. The number of halogens is 4. The van der Waals surface area contributed by atoms with Crippen LogP contribution < -0.4 is 4.18 Å². The number of hydrogen-bond donors (Lipinski definition) is 0. The van der Waals surface area contributed by atoms with Gasteiger partial charge in [0.2, 0.25) is 0 Å². The minimum absolute atomic E-state index is 0.0143. The number of rotatable bonds is 9. The number of alkyl halides is 4. The van der Waals surface area contributed by atoms with Gasteiger partial charge in [0, 0.05) is 27.8 Å². The van der Waals surface area contributed by atoms with Crippen LogP contribution in [0.2, 0.25) is 0 Å². The van der Waals surface area contributed by atoms with Crippen molar-refractivity contribution in [1.82, 2.24) is 0 Å². The highest BCUT2D eigenvalue weighted by Crippen LogP contribution is 2.58. The Balaban J connectivity index is 0.000000235. The van der Waals surface area contributed by atoms with Crippen LogP contribution in [0, 0.1) is 17.8 Å². The maximum absolute atomic E-state index is 14.7. The SMILES string of the molecule is O=S(=O)(Oc1ccc(SC2CCCCC2)cc1)C(F)(F)C(F)(F)C1CC2CCC1C2.c1ccc([SH+]c2ccccc2)cc1. The molecule has 0 saturated heterocycles. The largest absolute Gasteiger partial charge is 0.442 e. The third kappa shape index (κ3) is 7.74. The summed E-state index contributed by atoms with van der Waals surface area (Å²) in [6.45, 7) is 0. The first-order chi connectivity index (χ1) is 20.5. The average Bonchev–Trinajstić information content (AvgIpc) is 3.65. The van der Waals surface area contributed by atoms with Gasteiger partial charge in [-0.15, -0.1) is 11.8 Å². The van der Waals surface area contributed by atoms with E-state index < -0.39 is 33.1 Å². The summed E-state index contributed by atoms with van der Waals surface area (Å²) in [6, 6.07) is 26.6. The molecule has 3 unspecified atom stereocenters. The molecule has 10 heteroatoms. The number of benzene rings is 3. The molecule has 0 amide bonds. The molecule has 0 aliphatic heterocycles. The summed E-state index contributed by atoms with van der Waals surface area (Å²) in [4.78, 5) is 3.55. The summed E-state index contributed by atoms with van der Waals surface area (Å²) in [7, 11) is -5.85. The third-order valence-electron chi connectivity index (χ3n) is 8.56. The van der Waals surface area contributed by atoms with Crippen LogP contribution in [-0.4, -0.2) is 24.8 Å². The van der Waals surface area contributed by atoms with Crippen molar-refractivity contribution in [1.29, 1.82) is 0 Å². The number of fused-ring (bicyclic) bond motifs is 2. The maximum atomic E-state index is 14.7. The van der Waals surface area contributed by atoms with Crippen molar-refractivity contribution < 1.29 is 30.2 Å². The van der Waals surface area contributed by atoms with E-state index in [0.29, 0.717) is 18.1 Å². The fourth-order valence-corrected chi connectivity index (χ4v) is 9.50. The van der Waals surface area contributed by atoms with E-state index in [1.807, 2.05) is 12.1 Å². The molecule has 3 atom stereocenters. The Morgan fingerprint density at radius 1 is 0.721 bits per heavy atom. The summed E-state index contributed by atoms with van der Waals surface area (Å²) in [5, 5.41) is -4.82. The molecule has 0 radical (unpaired) electrons. The molecular formula is C33H37F4O3S3+. The monoisotopic (exact) mass is 653 g/mol. The lowest BCUT2D eigenvalue weighted by atomic mass is 9.84. The van der Waals surface area contributed by atoms with Gasteiger partial charge in [-0.2, -0.15) is 26.0 Å². The summed E-state index contributed by atoms with van der Waals surface area (Å²) in [5.74, 6) is -7.24. The predicted molar refractivity (Wildman–Crippen MR) is 166 cm³/mol. The van der Waals surface area contributed by atoms with E-state index in [1.165, 1.54) is 52.9 Å². The first-order valence-corrected chi connectivity index (χ1v) is 18.0. The molecule has 3 aromatic rings. The minimum Gasteiger partial charge on any atom is -0.378 e. The number of thiol groups is 1. The Hall–Kier alpha value is -2.17. The molecule has 3 aliphatic carbocycles. The molecule has 0 spiro atoms. The second-order valence-electron chi connectivity index (χ2n) is 11.6. The highest BCUT2D eigenvalue weighted by atomic mass is 32.2. The highest BCUT2D eigenvalue weighted by Gasteiger charge is 2.72. The zero-order valence-electron chi connectivity index (χ0n) is 23.8. The molecule has 3 aromatic carbocycles. The van der Waals surface area contributed by atoms with Gasteiger partial charge in [0.1, 0.15) is 5.75 Å². The smallest absolute Gasteiger partial charge is 0.378 e. The summed E-state index contributed by atoms with van der Waals surface area (Å²) in [5.41, 5.74) is 0. The molecule has 43 heavy (non-hydrogen) atoms. The number of hydrogen-bond acceptors (Lipinski definition) is 4. The summed E-state index contributed by atoms with van der Waals surface area (Å²) >= 11 is 2.93. The van der Waals surface area contributed by atoms with Crippen LogP contribution in [0.4, 0.5) is 17.6 Å². The first kappa shape index (κ1) is 32.2. The molecule has 0 heterocycles. The average molecular weight is 654 g/mol. The van der Waals surface area contributed by atoms with Gasteiger partial charge in [-0.1, -0.05) is 62.1 Å². The fourth-order valence-electron chi connectivity index (χ4n) is 6.35. The molecule has 3 nitrogen and oxygen atoms in total. The number of thioether (sulfide) groups is 1. The van der Waals surface area contributed by atoms with Crippen molar-refractivity contribution in [2.75, 3.05) is 0 Å². The Morgan fingerprint density at radius 3 is 1.81 bits per heavy atom. The van der Waals surface area contributed by atoms with Crippen LogP contribution in [0.15, 0.2) is 99.6 Å². The van der Waals surface area contributed by atoms with Crippen LogP contribution in [0.3, 0.4) is 0 Å². The fraction of sp³-hybridized carbons (Fsp3) is 0.455. The predicted octanol–water partition coefficient (Wildman–Crippen LogP) is 9.40. The Morgan fingerprint density at radius 2 is 1.30 bits per heavy atom. The van der Waals surface area contributed by atoms with Gasteiger partial charge in [0.15, 0.2) is 9.79 Å². The van der Waals surface area contributed by atoms with Crippen LogP contribution in [0.1, 0.15) is 57.8 Å². The van der Waals surface area contributed by atoms with Crippen molar-refractivity contribution in [2.24, 2.45) is 17.8 Å². The highest BCUT2D eigenvalue weighted by molar-refractivity contribution is 8.00. The van der Waals surface area contributed by atoms with Gasteiger partial charge in [-0.3, -0.25) is 0 Å². The van der Waals surface area contributed by atoms with Gasteiger partial charge < -0.3 is 4.18 Å². The molecule has 6 rings (SSSR count).